The summed E-state index contributed by atoms with van der Waals surface area (Å²) < 4.78 is 0. The number of hydrogen-bond acceptors (Lipinski definition) is 2. The number of amides is 1. The van der Waals surface area contributed by atoms with Crippen molar-refractivity contribution >= 4 is 5.91 Å². The van der Waals surface area contributed by atoms with Gasteiger partial charge < -0.3 is 10.2 Å². The zero-order chi connectivity index (χ0) is 12.9. The predicted molar refractivity (Wildman–Crippen MR) is 72.0 cm³/mol. The fourth-order valence-electron chi connectivity index (χ4n) is 2.70. The minimum absolute atomic E-state index is 0.0327. The van der Waals surface area contributed by atoms with Crippen LogP contribution in [-0.2, 0) is 4.79 Å². The Labute approximate surface area is 106 Å². The summed E-state index contributed by atoms with van der Waals surface area (Å²) in [5.74, 6) is 0.613. The maximum atomic E-state index is 12.6. The molecule has 1 rings (SSSR count). The molecule has 1 fully saturated rings. The van der Waals surface area contributed by atoms with Crippen LogP contribution < -0.4 is 5.32 Å². The van der Waals surface area contributed by atoms with Crippen LogP contribution in [0, 0.1) is 5.92 Å². The van der Waals surface area contributed by atoms with E-state index in [0.29, 0.717) is 5.91 Å². The Morgan fingerprint density at radius 3 is 2.35 bits per heavy atom. The van der Waals surface area contributed by atoms with E-state index in [1.165, 1.54) is 0 Å². The maximum Gasteiger partial charge on any atom is 0.226 e. The van der Waals surface area contributed by atoms with E-state index in [1.54, 1.807) is 0 Å². The molecule has 1 aliphatic rings. The number of carbonyl (C=O) groups is 1. The Morgan fingerprint density at radius 1 is 1.29 bits per heavy atom. The lowest BCUT2D eigenvalue weighted by Gasteiger charge is -2.44. The third-order valence-electron chi connectivity index (χ3n) is 3.69. The summed E-state index contributed by atoms with van der Waals surface area (Å²) in [4.78, 5) is 14.7. The van der Waals surface area contributed by atoms with Gasteiger partial charge in [0.15, 0.2) is 0 Å². The van der Waals surface area contributed by atoms with Crippen molar-refractivity contribution in [1.82, 2.24) is 10.2 Å². The molecule has 3 nitrogen and oxygen atoms in total. The van der Waals surface area contributed by atoms with E-state index in [2.05, 4.69) is 37.9 Å². The molecule has 1 saturated heterocycles. The van der Waals surface area contributed by atoms with Crippen LogP contribution in [0.25, 0.3) is 0 Å². The third-order valence-corrected chi connectivity index (χ3v) is 3.69. The zero-order valence-electron chi connectivity index (χ0n) is 11.9. The summed E-state index contributed by atoms with van der Waals surface area (Å²) in [7, 11) is 0. The fourth-order valence-corrected chi connectivity index (χ4v) is 2.70. The van der Waals surface area contributed by atoms with Crippen LogP contribution in [0.2, 0.25) is 0 Å². The molecule has 1 amide bonds. The van der Waals surface area contributed by atoms with E-state index in [-0.39, 0.29) is 11.5 Å². The first-order valence-corrected chi connectivity index (χ1v) is 7.05. The number of nitrogens with one attached hydrogen (secondary N) is 1. The molecular weight excluding hydrogens is 212 g/mol. The number of carbonyl (C=O) groups excluding carboxylic acids is 1. The first-order valence-electron chi connectivity index (χ1n) is 7.05. The summed E-state index contributed by atoms with van der Waals surface area (Å²) in [6.45, 7) is 11.3. The summed E-state index contributed by atoms with van der Waals surface area (Å²) >= 11 is 0. The summed E-state index contributed by atoms with van der Waals surface area (Å²) in [5, 5.41) is 3.37. The van der Waals surface area contributed by atoms with Crippen molar-refractivity contribution in [3.8, 4) is 0 Å². The second-order valence-corrected chi connectivity index (χ2v) is 5.75. The molecule has 0 aromatic carbocycles. The molecule has 1 N–H and O–H groups in total. The normalized spacial score (nSPS) is 19.7. The lowest BCUT2D eigenvalue weighted by Crippen LogP contribution is -2.61. The maximum absolute atomic E-state index is 12.6. The van der Waals surface area contributed by atoms with Crippen LogP contribution in [0.4, 0.5) is 0 Å². The quantitative estimate of drug-likeness (QED) is 0.800. The van der Waals surface area contributed by atoms with Crippen LogP contribution in [-0.4, -0.2) is 36.0 Å². The van der Waals surface area contributed by atoms with Gasteiger partial charge >= 0.3 is 0 Å². The second kappa shape index (κ2) is 6.39. The van der Waals surface area contributed by atoms with Gasteiger partial charge in [-0.2, -0.15) is 0 Å². The van der Waals surface area contributed by atoms with Gasteiger partial charge in [0.1, 0.15) is 0 Å². The van der Waals surface area contributed by atoms with E-state index >= 15 is 0 Å². The minimum Gasteiger partial charge on any atom is -0.335 e. The van der Waals surface area contributed by atoms with Crippen LogP contribution in [0.5, 0.6) is 0 Å². The highest BCUT2D eigenvalue weighted by atomic mass is 16.2. The standard InChI is InChI=1S/C14H28N2O/c1-5-7-12(8-6-2)13(17)16-10-9-15-11-14(16,3)4/h12,15H,5-11H2,1-4H3. The van der Waals surface area contributed by atoms with Gasteiger partial charge in [-0.05, 0) is 26.7 Å². The molecule has 3 heteroatoms. The lowest BCUT2D eigenvalue weighted by molar-refractivity contribution is -0.142. The van der Waals surface area contributed by atoms with Crippen molar-refractivity contribution in [1.29, 1.82) is 0 Å². The van der Waals surface area contributed by atoms with Crippen molar-refractivity contribution in [2.45, 2.75) is 58.9 Å². The number of nitrogens with zero attached hydrogens (tertiary/aromatic N) is 1. The fraction of sp³-hybridized carbons (Fsp3) is 0.929. The molecule has 1 heterocycles. The van der Waals surface area contributed by atoms with Crippen molar-refractivity contribution < 1.29 is 4.79 Å². The second-order valence-electron chi connectivity index (χ2n) is 5.75. The highest BCUT2D eigenvalue weighted by molar-refractivity contribution is 5.79. The average Bonchev–Trinajstić information content (AvgIpc) is 2.27. The molecule has 0 aromatic heterocycles. The summed E-state index contributed by atoms with van der Waals surface area (Å²) in [5.41, 5.74) is -0.0327. The molecule has 0 aromatic rings. The first-order chi connectivity index (χ1) is 8.03. The van der Waals surface area contributed by atoms with E-state index < -0.39 is 0 Å². The van der Waals surface area contributed by atoms with Gasteiger partial charge in [-0.1, -0.05) is 26.7 Å². The molecule has 0 atom stereocenters. The van der Waals surface area contributed by atoms with E-state index in [1.807, 2.05) is 0 Å². The Bertz CT molecular complexity index is 245. The Morgan fingerprint density at radius 2 is 1.88 bits per heavy atom. The van der Waals surface area contributed by atoms with Crippen molar-refractivity contribution in [2.75, 3.05) is 19.6 Å². The smallest absolute Gasteiger partial charge is 0.226 e. The molecule has 100 valence electrons. The third kappa shape index (κ3) is 3.70. The van der Waals surface area contributed by atoms with E-state index in [4.69, 9.17) is 0 Å². The highest BCUT2D eigenvalue weighted by Crippen LogP contribution is 2.23. The Hall–Kier alpha value is -0.570. The highest BCUT2D eigenvalue weighted by Gasteiger charge is 2.35. The number of rotatable bonds is 5. The van der Waals surface area contributed by atoms with Gasteiger partial charge in [0.05, 0.1) is 0 Å². The van der Waals surface area contributed by atoms with Gasteiger partial charge in [0.25, 0.3) is 0 Å². The van der Waals surface area contributed by atoms with Gasteiger partial charge in [0, 0.05) is 31.1 Å². The molecule has 0 saturated carbocycles. The summed E-state index contributed by atoms with van der Waals surface area (Å²) in [6.07, 6.45) is 4.27. The molecule has 0 bridgehead atoms. The minimum atomic E-state index is -0.0327. The number of piperazine rings is 1. The molecule has 0 spiro atoms. The monoisotopic (exact) mass is 240 g/mol. The van der Waals surface area contributed by atoms with Crippen LogP contribution in [0.3, 0.4) is 0 Å². The van der Waals surface area contributed by atoms with Gasteiger partial charge in [-0.15, -0.1) is 0 Å². The lowest BCUT2D eigenvalue weighted by atomic mass is 9.92. The molecular formula is C14H28N2O. The predicted octanol–water partition coefficient (Wildman–Crippen LogP) is 2.41. The van der Waals surface area contributed by atoms with Gasteiger partial charge in [-0.3, -0.25) is 4.79 Å². The van der Waals surface area contributed by atoms with E-state index in [9.17, 15) is 4.79 Å². The van der Waals surface area contributed by atoms with E-state index in [0.717, 1.165) is 45.3 Å². The first kappa shape index (κ1) is 14.5. The van der Waals surface area contributed by atoms with Crippen LogP contribution in [0.1, 0.15) is 53.4 Å². The largest absolute Gasteiger partial charge is 0.335 e. The molecule has 0 unspecified atom stereocenters. The van der Waals surface area contributed by atoms with Gasteiger partial charge in [-0.25, -0.2) is 0 Å². The SMILES string of the molecule is CCCC(CCC)C(=O)N1CCNCC1(C)C. The zero-order valence-corrected chi connectivity index (χ0v) is 11.9. The molecule has 0 aliphatic carbocycles. The van der Waals surface area contributed by atoms with Crippen LogP contribution in [0.15, 0.2) is 0 Å². The average molecular weight is 240 g/mol. The number of hydrogen-bond donors (Lipinski definition) is 1. The van der Waals surface area contributed by atoms with Crippen molar-refractivity contribution in [2.24, 2.45) is 5.92 Å². The molecule has 0 radical (unpaired) electrons. The van der Waals surface area contributed by atoms with Crippen molar-refractivity contribution in [3.05, 3.63) is 0 Å². The van der Waals surface area contributed by atoms with Crippen LogP contribution >= 0.6 is 0 Å². The molecule has 1 aliphatic heterocycles. The topological polar surface area (TPSA) is 32.3 Å². The van der Waals surface area contributed by atoms with Crippen molar-refractivity contribution in [3.63, 3.8) is 0 Å². The van der Waals surface area contributed by atoms with Gasteiger partial charge in [0.2, 0.25) is 5.91 Å². The molecule has 17 heavy (non-hydrogen) atoms. The Balaban J connectivity index is 2.70. The summed E-state index contributed by atoms with van der Waals surface area (Å²) in [6, 6.07) is 0. The Kier molecular flexibility index (Phi) is 5.44.